The number of thioether (sulfide) groups is 1. The highest BCUT2D eigenvalue weighted by atomic mass is 32.2. The molecule has 1 aromatic heterocycles. The van der Waals surface area contributed by atoms with E-state index in [1.165, 1.54) is 27.3 Å². The van der Waals surface area contributed by atoms with Gasteiger partial charge in [-0.1, -0.05) is 46.9 Å². The SMILES string of the molecule is CCOc1cc([C@@H]2c3sc(=O)n(CC(=O)N4CCOCC4)c3S[C@@H]3C(=O)N(c4ccc(C)cc4)C(=O)[C@H]23)ccc1O. The van der Waals surface area contributed by atoms with Crippen LogP contribution in [0.15, 0.2) is 52.3 Å². The predicted octanol–water partition coefficient (Wildman–Crippen LogP) is 2.98. The normalized spacial score (nSPS) is 22.0. The van der Waals surface area contributed by atoms with E-state index >= 15 is 0 Å². The Balaban J connectivity index is 1.45. The van der Waals surface area contributed by atoms with Crippen LogP contribution >= 0.6 is 23.1 Å². The average Bonchev–Trinajstić information content (AvgIpc) is 3.41. The Hall–Kier alpha value is -3.61. The smallest absolute Gasteiger partial charge is 0.308 e. The minimum Gasteiger partial charge on any atom is -0.504 e. The van der Waals surface area contributed by atoms with Gasteiger partial charge in [0.05, 0.1) is 36.5 Å². The molecule has 0 saturated carbocycles. The summed E-state index contributed by atoms with van der Waals surface area (Å²) in [6, 6.07) is 12.1. The molecule has 0 bridgehead atoms. The molecule has 3 atom stereocenters. The molecule has 2 saturated heterocycles. The molecule has 3 amide bonds. The zero-order valence-corrected chi connectivity index (χ0v) is 24.2. The number of anilines is 1. The highest BCUT2D eigenvalue weighted by molar-refractivity contribution is 8.00. The van der Waals surface area contributed by atoms with E-state index in [9.17, 15) is 24.3 Å². The van der Waals surface area contributed by atoms with Crippen LogP contribution in [0.2, 0.25) is 0 Å². The van der Waals surface area contributed by atoms with E-state index in [1.54, 1.807) is 36.1 Å². The Morgan fingerprint density at radius 3 is 2.51 bits per heavy atom. The predicted molar refractivity (Wildman–Crippen MR) is 154 cm³/mol. The number of ether oxygens (including phenoxy) is 2. The number of thiazole rings is 1. The lowest BCUT2D eigenvalue weighted by Crippen LogP contribution is -2.43. The van der Waals surface area contributed by atoms with Crippen molar-refractivity contribution < 1.29 is 29.0 Å². The van der Waals surface area contributed by atoms with Gasteiger partial charge in [-0.15, -0.1) is 0 Å². The molecule has 0 unspecified atom stereocenters. The van der Waals surface area contributed by atoms with Crippen LogP contribution in [-0.2, 0) is 25.7 Å². The first kappa shape index (κ1) is 27.6. The summed E-state index contributed by atoms with van der Waals surface area (Å²) in [7, 11) is 0. The van der Waals surface area contributed by atoms with Crippen LogP contribution < -0.4 is 14.5 Å². The number of morpholine rings is 1. The van der Waals surface area contributed by atoms with Crippen molar-refractivity contribution in [3.8, 4) is 11.5 Å². The van der Waals surface area contributed by atoms with Gasteiger partial charge in [0.25, 0.3) is 0 Å². The minimum atomic E-state index is -0.801. The lowest BCUT2D eigenvalue weighted by atomic mass is 9.83. The lowest BCUT2D eigenvalue weighted by Gasteiger charge is -2.31. The second-order valence-electron chi connectivity index (χ2n) is 10.2. The number of phenolic OH excluding ortho intramolecular Hbond substituents is 1. The quantitative estimate of drug-likeness (QED) is 0.433. The van der Waals surface area contributed by atoms with Gasteiger partial charge in [0.2, 0.25) is 17.7 Å². The highest BCUT2D eigenvalue weighted by Crippen LogP contribution is 2.54. The maximum atomic E-state index is 14.0. The summed E-state index contributed by atoms with van der Waals surface area (Å²) >= 11 is 2.17. The zero-order valence-electron chi connectivity index (χ0n) is 22.6. The first-order valence-electron chi connectivity index (χ1n) is 13.4. The molecular weight excluding hydrogens is 566 g/mol. The monoisotopic (exact) mass is 595 g/mol. The molecule has 2 aromatic carbocycles. The summed E-state index contributed by atoms with van der Waals surface area (Å²) in [5.41, 5.74) is 2.13. The van der Waals surface area contributed by atoms with Gasteiger partial charge in [0.1, 0.15) is 11.8 Å². The molecule has 10 nitrogen and oxygen atoms in total. The Kier molecular flexibility index (Phi) is 7.39. The van der Waals surface area contributed by atoms with E-state index in [-0.39, 0.29) is 40.6 Å². The number of hydrogen-bond acceptors (Lipinski definition) is 9. The Labute approximate surface area is 244 Å². The van der Waals surface area contributed by atoms with Gasteiger partial charge in [0, 0.05) is 23.9 Å². The second kappa shape index (κ2) is 11.0. The standard InChI is InChI=1S/C29H29N3O7S2/c1-3-39-20-14-17(6-9-19(20)33)22-23-24(27(36)32(26(23)35)18-7-4-16(2)5-8-18)40-28-25(22)41-29(37)31(28)15-21(34)30-10-12-38-13-11-30/h4-9,14,22-24,33H,3,10-13,15H2,1-2H3/t22-,23+,24-/m0/s1. The molecule has 0 aliphatic carbocycles. The number of aromatic nitrogens is 1. The van der Waals surface area contributed by atoms with Crippen LogP contribution in [0.3, 0.4) is 0 Å². The maximum Gasteiger partial charge on any atom is 0.308 e. The summed E-state index contributed by atoms with van der Waals surface area (Å²) in [5, 5.41) is 10.1. The summed E-state index contributed by atoms with van der Waals surface area (Å²) < 4.78 is 12.4. The summed E-state index contributed by atoms with van der Waals surface area (Å²) in [6.45, 7) is 5.67. The Morgan fingerprint density at radius 2 is 1.80 bits per heavy atom. The van der Waals surface area contributed by atoms with Crippen LogP contribution in [0.1, 0.15) is 28.8 Å². The molecule has 2 fully saturated rings. The molecule has 214 valence electrons. The fourth-order valence-corrected chi connectivity index (χ4v) is 8.38. The van der Waals surface area contributed by atoms with Gasteiger partial charge >= 0.3 is 4.87 Å². The number of amides is 3. The van der Waals surface area contributed by atoms with E-state index in [1.807, 2.05) is 19.1 Å². The summed E-state index contributed by atoms with van der Waals surface area (Å²) in [5.74, 6) is -2.15. The van der Waals surface area contributed by atoms with E-state index in [4.69, 9.17) is 9.47 Å². The fraction of sp³-hybridized carbons (Fsp3) is 0.379. The molecule has 3 aliphatic heterocycles. The van der Waals surface area contributed by atoms with Gasteiger partial charge in [-0.2, -0.15) is 0 Å². The minimum absolute atomic E-state index is 0.0467. The number of carbonyl (C=O) groups is 3. The van der Waals surface area contributed by atoms with Crippen molar-refractivity contribution in [2.75, 3.05) is 37.8 Å². The number of carbonyl (C=O) groups excluding carboxylic acids is 3. The number of benzene rings is 2. The molecule has 1 N–H and O–H groups in total. The van der Waals surface area contributed by atoms with Crippen molar-refractivity contribution in [2.45, 2.75) is 36.6 Å². The first-order valence-corrected chi connectivity index (χ1v) is 15.1. The van der Waals surface area contributed by atoms with Crippen LogP contribution in [0.4, 0.5) is 5.69 Å². The van der Waals surface area contributed by atoms with Crippen molar-refractivity contribution in [3.05, 3.63) is 68.1 Å². The number of fused-ring (bicyclic) bond motifs is 2. The van der Waals surface area contributed by atoms with Crippen LogP contribution in [0.5, 0.6) is 11.5 Å². The number of hydrogen-bond donors (Lipinski definition) is 1. The topological polar surface area (TPSA) is 118 Å². The summed E-state index contributed by atoms with van der Waals surface area (Å²) in [4.78, 5) is 57.6. The molecule has 41 heavy (non-hydrogen) atoms. The van der Waals surface area contributed by atoms with Crippen molar-refractivity contribution in [1.82, 2.24) is 9.47 Å². The molecule has 6 rings (SSSR count). The van der Waals surface area contributed by atoms with Gasteiger partial charge in [0.15, 0.2) is 11.5 Å². The van der Waals surface area contributed by atoms with E-state index in [0.717, 1.165) is 16.9 Å². The second-order valence-corrected chi connectivity index (χ2v) is 12.3. The number of imide groups is 1. The third-order valence-corrected chi connectivity index (χ3v) is 10.2. The molecule has 12 heteroatoms. The first-order chi connectivity index (χ1) is 19.8. The number of phenols is 1. The molecule has 0 radical (unpaired) electrons. The highest BCUT2D eigenvalue weighted by Gasteiger charge is 2.57. The van der Waals surface area contributed by atoms with Crippen molar-refractivity contribution in [3.63, 3.8) is 0 Å². The maximum absolute atomic E-state index is 14.0. The van der Waals surface area contributed by atoms with Gasteiger partial charge in [-0.05, 0) is 43.7 Å². The van der Waals surface area contributed by atoms with E-state index < -0.39 is 17.1 Å². The zero-order chi connectivity index (χ0) is 28.8. The van der Waals surface area contributed by atoms with Crippen molar-refractivity contribution >= 4 is 46.5 Å². The number of nitrogens with zero attached hydrogens (tertiary/aromatic N) is 3. The fourth-order valence-electron chi connectivity index (χ4n) is 5.61. The average molecular weight is 596 g/mol. The van der Waals surface area contributed by atoms with Gasteiger partial charge in [-0.3, -0.25) is 23.7 Å². The molecule has 3 aliphatic rings. The summed E-state index contributed by atoms with van der Waals surface area (Å²) in [6.07, 6.45) is 0. The molecule has 4 heterocycles. The third kappa shape index (κ3) is 4.83. The number of rotatable bonds is 6. The number of aromatic hydroxyl groups is 1. The largest absolute Gasteiger partial charge is 0.504 e. The Morgan fingerprint density at radius 1 is 1.07 bits per heavy atom. The van der Waals surface area contributed by atoms with Crippen LogP contribution in [0.25, 0.3) is 0 Å². The molecule has 3 aromatic rings. The van der Waals surface area contributed by atoms with Crippen molar-refractivity contribution in [2.24, 2.45) is 5.92 Å². The van der Waals surface area contributed by atoms with Crippen LogP contribution in [-0.4, -0.2) is 70.5 Å². The van der Waals surface area contributed by atoms with E-state index in [2.05, 4.69) is 0 Å². The van der Waals surface area contributed by atoms with Gasteiger partial charge in [-0.25, -0.2) is 4.90 Å². The third-order valence-electron chi connectivity index (χ3n) is 7.64. The number of aryl methyl sites for hydroxylation is 1. The van der Waals surface area contributed by atoms with Crippen molar-refractivity contribution in [1.29, 1.82) is 0 Å². The van der Waals surface area contributed by atoms with Gasteiger partial charge < -0.3 is 19.5 Å². The molecule has 0 spiro atoms. The van der Waals surface area contributed by atoms with Crippen LogP contribution in [0, 0.1) is 12.8 Å². The Bertz CT molecular complexity index is 1580. The molecular formula is C29H29N3O7S2. The van der Waals surface area contributed by atoms with E-state index in [0.29, 0.717) is 54.1 Å². The lowest BCUT2D eigenvalue weighted by molar-refractivity contribution is -0.136.